The third-order valence-corrected chi connectivity index (χ3v) is 4.93. The molecule has 20 heavy (non-hydrogen) atoms. The largest absolute Gasteiger partial charge is 0.481 e. The van der Waals surface area contributed by atoms with Gasteiger partial charge in [-0.3, -0.25) is 9.59 Å². The minimum atomic E-state index is -0.944. The Labute approximate surface area is 129 Å². The molecule has 0 unspecified atom stereocenters. The van der Waals surface area contributed by atoms with E-state index in [1.807, 2.05) is 24.3 Å². The first-order valence-electron chi connectivity index (χ1n) is 6.51. The first kappa shape index (κ1) is 13.8. The van der Waals surface area contributed by atoms with Crippen LogP contribution in [-0.2, 0) is 14.3 Å². The van der Waals surface area contributed by atoms with Gasteiger partial charge in [0.05, 0.1) is 29.7 Å². The summed E-state index contributed by atoms with van der Waals surface area (Å²) >= 11 is 2.14. The number of ether oxygens (including phenoxy) is 1. The van der Waals surface area contributed by atoms with Gasteiger partial charge in [-0.05, 0) is 47.6 Å². The number of hydrogen-bond acceptors (Lipinski definition) is 3. The lowest BCUT2D eigenvalue weighted by Gasteiger charge is -2.24. The highest BCUT2D eigenvalue weighted by molar-refractivity contribution is 14.1. The van der Waals surface area contributed by atoms with Crippen molar-refractivity contribution in [2.45, 2.75) is 25.0 Å². The lowest BCUT2D eigenvalue weighted by atomic mass is 9.78. The Hall–Kier alpha value is -1.15. The number of carboxylic acids is 1. The second-order valence-electron chi connectivity index (χ2n) is 5.15. The smallest absolute Gasteiger partial charge is 0.310 e. The molecule has 2 aliphatic heterocycles. The monoisotopic (exact) mass is 387 g/mol. The number of carbonyl (C=O) groups excluding carboxylic acids is 1. The average molecular weight is 387 g/mol. The topological polar surface area (TPSA) is 75.6 Å². The molecular formula is C14H14INO4. The molecule has 2 saturated heterocycles. The van der Waals surface area contributed by atoms with Crippen LogP contribution in [0.2, 0.25) is 0 Å². The third kappa shape index (κ3) is 2.31. The molecule has 5 nitrogen and oxygen atoms in total. The fraction of sp³-hybridized carbons (Fsp3) is 0.429. The maximum absolute atomic E-state index is 12.4. The molecule has 1 amide bonds. The van der Waals surface area contributed by atoms with Crippen LogP contribution in [0.1, 0.15) is 12.8 Å². The lowest BCUT2D eigenvalue weighted by molar-refractivity contribution is -0.147. The predicted octanol–water partition coefficient (Wildman–Crippen LogP) is 2.11. The van der Waals surface area contributed by atoms with Gasteiger partial charge in [-0.15, -0.1) is 0 Å². The van der Waals surface area contributed by atoms with Crippen LogP contribution in [-0.4, -0.2) is 29.2 Å². The summed E-state index contributed by atoms with van der Waals surface area (Å²) < 4.78 is 6.53. The second kappa shape index (κ2) is 5.33. The van der Waals surface area contributed by atoms with Crippen LogP contribution in [0, 0.1) is 15.4 Å². The number of hydrogen-bond donors (Lipinski definition) is 2. The van der Waals surface area contributed by atoms with Crippen LogP contribution < -0.4 is 5.32 Å². The van der Waals surface area contributed by atoms with E-state index in [9.17, 15) is 14.7 Å². The van der Waals surface area contributed by atoms with Crippen LogP contribution >= 0.6 is 22.6 Å². The first-order chi connectivity index (χ1) is 9.58. The molecule has 2 fully saturated rings. The molecule has 1 aromatic rings. The molecule has 2 bridgehead atoms. The molecule has 2 N–H and O–H groups in total. The number of carbonyl (C=O) groups is 2. The van der Waals surface area contributed by atoms with Crippen LogP contribution in [0.4, 0.5) is 5.69 Å². The van der Waals surface area contributed by atoms with E-state index in [-0.39, 0.29) is 18.1 Å². The van der Waals surface area contributed by atoms with Crippen molar-refractivity contribution in [3.63, 3.8) is 0 Å². The van der Waals surface area contributed by atoms with Crippen molar-refractivity contribution in [2.24, 2.45) is 11.8 Å². The lowest BCUT2D eigenvalue weighted by Crippen LogP contribution is -2.41. The summed E-state index contributed by atoms with van der Waals surface area (Å²) in [4.78, 5) is 23.8. The van der Waals surface area contributed by atoms with Gasteiger partial charge in [-0.2, -0.15) is 0 Å². The number of halogens is 1. The zero-order valence-electron chi connectivity index (χ0n) is 10.6. The van der Waals surface area contributed by atoms with Crippen molar-refractivity contribution >= 4 is 40.2 Å². The number of rotatable bonds is 3. The van der Waals surface area contributed by atoms with Crippen LogP contribution in [0.3, 0.4) is 0 Å². The molecule has 6 heteroatoms. The fourth-order valence-electron chi connectivity index (χ4n) is 3.10. The van der Waals surface area contributed by atoms with E-state index in [0.717, 1.165) is 16.4 Å². The summed E-state index contributed by atoms with van der Waals surface area (Å²) in [6.45, 7) is 0. The molecule has 3 rings (SSSR count). The minimum Gasteiger partial charge on any atom is -0.481 e. The van der Waals surface area contributed by atoms with E-state index < -0.39 is 17.8 Å². The van der Waals surface area contributed by atoms with E-state index in [1.54, 1.807) is 0 Å². The number of fused-ring (bicyclic) bond motifs is 2. The molecule has 0 spiro atoms. The maximum Gasteiger partial charge on any atom is 0.310 e. The number of aliphatic carboxylic acids is 1. The normalized spacial score (nSPS) is 31.2. The zero-order valence-corrected chi connectivity index (χ0v) is 12.7. The highest BCUT2D eigenvalue weighted by Crippen LogP contribution is 2.44. The molecular weight excluding hydrogens is 373 g/mol. The third-order valence-electron chi connectivity index (χ3n) is 3.99. The van der Waals surface area contributed by atoms with Gasteiger partial charge in [-0.1, -0.05) is 12.1 Å². The van der Waals surface area contributed by atoms with Crippen molar-refractivity contribution in [2.75, 3.05) is 5.32 Å². The molecule has 2 aliphatic rings. The Morgan fingerprint density at radius 2 is 1.85 bits per heavy atom. The number of amides is 1. The molecule has 4 atom stereocenters. The number of para-hydroxylation sites is 1. The van der Waals surface area contributed by atoms with Gasteiger partial charge >= 0.3 is 5.97 Å². The predicted molar refractivity (Wildman–Crippen MR) is 80.3 cm³/mol. The Morgan fingerprint density at radius 3 is 2.50 bits per heavy atom. The van der Waals surface area contributed by atoms with Crippen LogP contribution in [0.15, 0.2) is 24.3 Å². The van der Waals surface area contributed by atoms with E-state index in [4.69, 9.17) is 4.74 Å². The van der Waals surface area contributed by atoms with Crippen molar-refractivity contribution in [1.29, 1.82) is 0 Å². The van der Waals surface area contributed by atoms with E-state index >= 15 is 0 Å². The van der Waals surface area contributed by atoms with E-state index in [0.29, 0.717) is 5.69 Å². The summed E-state index contributed by atoms with van der Waals surface area (Å²) in [5, 5.41) is 12.1. The molecule has 0 aromatic heterocycles. The highest BCUT2D eigenvalue weighted by Gasteiger charge is 2.55. The number of anilines is 1. The number of carboxylic acid groups (broad SMARTS) is 1. The van der Waals surface area contributed by atoms with Gasteiger partial charge in [0.15, 0.2) is 0 Å². The molecule has 0 saturated carbocycles. The molecule has 1 aromatic carbocycles. The Morgan fingerprint density at radius 1 is 1.20 bits per heavy atom. The number of benzene rings is 1. The van der Waals surface area contributed by atoms with E-state index in [1.165, 1.54) is 0 Å². The summed E-state index contributed by atoms with van der Waals surface area (Å²) in [5.74, 6) is -2.52. The quantitative estimate of drug-likeness (QED) is 0.780. The van der Waals surface area contributed by atoms with Crippen molar-refractivity contribution in [1.82, 2.24) is 0 Å². The summed E-state index contributed by atoms with van der Waals surface area (Å²) in [7, 11) is 0. The van der Waals surface area contributed by atoms with Gasteiger partial charge in [0.1, 0.15) is 0 Å². The molecule has 106 valence electrons. The summed E-state index contributed by atoms with van der Waals surface area (Å²) in [5.41, 5.74) is 0.713. The summed E-state index contributed by atoms with van der Waals surface area (Å²) in [6.07, 6.45) is 0.915. The first-order valence-corrected chi connectivity index (χ1v) is 7.59. The molecule has 0 aliphatic carbocycles. The van der Waals surface area contributed by atoms with Crippen LogP contribution in [0.25, 0.3) is 0 Å². The Balaban J connectivity index is 1.80. The summed E-state index contributed by atoms with van der Waals surface area (Å²) in [6, 6.07) is 7.42. The van der Waals surface area contributed by atoms with E-state index in [2.05, 4.69) is 27.9 Å². The average Bonchev–Trinajstić information content (AvgIpc) is 3.01. The standard InChI is InChI=1S/C14H14INO4/c15-7-3-1-2-4-8(7)16-13(17)11-9-5-6-10(20-9)12(11)14(18)19/h1-4,9-12H,5-6H2,(H,16,17)(H,18,19)/t9-,10+,11+,12+/m1/s1. The van der Waals surface area contributed by atoms with Gasteiger partial charge in [0, 0.05) is 3.57 Å². The molecule has 0 radical (unpaired) electrons. The van der Waals surface area contributed by atoms with Gasteiger partial charge in [0.25, 0.3) is 0 Å². The zero-order chi connectivity index (χ0) is 14.3. The number of nitrogens with one attached hydrogen (secondary N) is 1. The minimum absolute atomic E-state index is 0.256. The van der Waals surface area contributed by atoms with Crippen molar-refractivity contribution < 1.29 is 19.4 Å². The van der Waals surface area contributed by atoms with Crippen molar-refractivity contribution in [3.05, 3.63) is 27.8 Å². The Kier molecular flexibility index (Phi) is 3.68. The SMILES string of the molecule is O=C(O)[C@@H]1[C@@H](C(=O)Nc2ccccc2I)[C@H]2CC[C@@H]1O2. The van der Waals surface area contributed by atoms with Crippen LogP contribution in [0.5, 0.6) is 0 Å². The van der Waals surface area contributed by atoms with Gasteiger partial charge in [-0.25, -0.2) is 0 Å². The maximum atomic E-state index is 12.4. The second-order valence-corrected chi connectivity index (χ2v) is 6.31. The van der Waals surface area contributed by atoms with Gasteiger partial charge in [0.2, 0.25) is 5.91 Å². The fourth-order valence-corrected chi connectivity index (χ4v) is 3.63. The Bertz CT molecular complexity index is 562. The van der Waals surface area contributed by atoms with Gasteiger partial charge < -0.3 is 15.2 Å². The van der Waals surface area contributed by atoms with Crippen molar-refractivity contribution in [3.8, 4) is 0 Å². The molecule has 2 heterocycles. The highest BCUT2D eigenvalue weighted by atomic mass is 127.